The number of carbonyl (C=O) groups is 1. The predicted octanol–water partition coefficient (Wildman–Crippen LogP) is 4.66. The Kier molecular flexibility index (Phi) is 5.88. The highest BCUT2D eigenvalue weighted by Crippen LogP contribution is 2.21. The van der Waals surface area contributed by atoms with Gasteiger partial charge < -0.3 is 9.64 Å². The molecular formula is C17H15BrF3NO2. The zero-order chi connectivity index (χ0) is 17.7. The largest absolute Gasteiger partial charge is 0.484 e. The van der Waals surface area contributed by atoms with Crippen LogP contribution in [0.2, 0.25) is 0 Å². The van der Waals surface area contributed by atoms with E-state index in [0.717, 1.165) is 10.0 Å². The molecule has 0 aromatic heterocycles. The number of amides is 1. The number of hydrogen-bond acceptors (Lipinski definition) is 2. The second kappa shape index (κ2) is 7.70. The fourth-order valence-corrected chi connectivity index (χ4v) is 2.44. The molecule has 0 aliphatic rings. The molecule has 2 aromatic rings. The van der Waals surface area contributed by atoms with Crippen LogP contribution in [0.3, 0.4) is 0 Å². The molecule has 2 rings (SSSR count). The Labute approximate surface area is 146 Å². The van der Waals surface area contributed by atoms with Gasteiger partial charge in [0.15, 0.2) is 6.61 Å². The van der Waals surface area contributed by atoms with E-state index in [2.05, 4.69) is 20.7 Å². The maximum Gasteiger partial charge on any atom is 0.422 e. The molecule has 3 nitrogen and oxygen atoms in total. The molecule has 128 valence electrons. The third-order valence-electron chi connectivity index (χ3n) is 3.22. The van der Waals surface area contributed by atoms with Crippen LogP contribution in [0.4, 0.5) is 13.2 Å². The molecule has 0 N–H and O–H groups in total. The lowest BCUT2D eigenvalue weighted by Gasteiger charge is -2.18. The second-order valence-electron chi connectivity index (χ2n) is 5.18. The first kappa shape index (κ1) is 18.3. The molecule has 0 fully saturated rings. The molecule has 0 saturated carbocycles. The van der Waals surface area contributed by atoms with Crippen molar-refractivity contribution in [1.29, 1.82) is 0 Å². The van der Waals surface area contributed by atoms with Gasteiger partial charge in [0.05, 0.1) is 0 Å². The SMILES string of the molecule is CN(Cc1ccccc1Br)C(=O)c1ccc(OCC(F)(F)F)cc1. The quantitative estimate of drug-likeness (QED) is 0.728. The number of ether oxygens (including phenoxy) is 1. The molecule has 24 heavy (non-hydrogen) atoms. The molecule has 0 heterocycles. The van der Waals surface area contributed by atoms with Crippen molar-refractivity contribution in [2.24, 2.45) is 0 Å². The first-order valence-electron chi connectivity index (χ1n) is 7.05. The molecule has 7 heteroatoms. The van der Waals surface area contributed by atoms with Gasteiger partial charge in [-0.25, -0.2) is 0 Å². The molecule has 0 unspecified atom stereocenters. The standard InChI is InChI=1S/C17H15BrF3NO2/c1-22(10-13-4-2-3-5-15(13)18)16(23)12-6-8-14(9-7-12)24-11-17(19,20)21/h2-9H,10-11H2,1H3. The number of nitrogens with zero attached hydrogens (tertiary/aromatic N) is 1. The number of benzene rings is 2. The zero-order valence-corrected chi connectivity index (χ0v) is 14.4. The molecule has 0 aliphatic heterocycles. The first-order chi connectivity index (χ1) is 11.3. The minimum atomic E-state index is -4.39. The Morgan fingerprint density at radius 3 is 2.33 bits per heavy atom. The molecule has 2 aromatic carbocycles. The van der Waals surface area contributed by atoms with Crippen molar-refractivity contribution in [3.05, 3.63) is 64.1 Å². The van der Waals surface area contributed by atoms with Crippen molar-refractivity contribution in [2.45, 2.75) is 12.7 Å². The van der Waals surface area contributed by atoms with Gasteiger partial charge in [0, 0.05) is 23.6 Å². The third kappa shape index (κ3) is 5.26. The van der Waals surface area contributed by atoms with E-state index in [9.17, 15) is 18.0 Å². The van der Waals surface area contributed by atoms with Gasteiger partial charge in [-0.05, 0) is 35.9 Å². The molecular weight excluding hydrogens is 387 g/mol. The van der Waals surface area contributed by atoms with E-state index in [0.29, 0.717) is 12.1 Å². The molecule has 0 aliphatic carbocycles. The highest BCUT2D eigenvalue weighted by atomic mass is 79.9. The summed E-state index contributed by atoms with van der Waals surface area (Å²) in [5, 5.41) is 0. The summed E-state index contributed by atoms with van der Waals surface area (Å²) >= 11 is 3.43. The second-order valence-corrected chi connectivity index (χ2v) is 6.04. The number of halogens is 4. The van der Waals surface area contributed by atoms with Gasteiger partial charge in [-0.2, -0.15) is 13.2 Å². The molecule has 0 bridgehead atoms. The van der Waals surface area contributed by atoms with Crippen LogP contribution in [-0.4, -0.2) is 30.6 Å². The zero-order valence-electron chi connectivity index (χ0n) is 12.8. The Bertz CT molecular complexity index is 702. The van der Waals surface area contributed by atoms with E-state index >= 15 is 0 Å². The van der Waals surface area contributed by atoms with Gasteiger partial charge in [-0.1, -0.05) is 34.1 Å². The maximum absolute atomic E-state index is 12.4. The Morgan fingerprint density at radius 2 is 1.75 bits per heavy atom. The van der Waals surface area contributed by atoms with Crippen molar-refractivity contribution in [3.63, 3.8) is 0 Å². The minimum Gasteiger partial charge on any atom is -0.484 e. The Morgan fingerprint density at radius 1 is 1.12 bits per heavy atom. The van der Waals surface area contributed by atoms with Crippen molar-refractivity contribution in [3.8, 4) is 5.75 Å². The van der Waals surface area contributed by atoms with E-state index in [1.54, 1.807) is 7.05 Å². The average Bonchev–Trinajstić information content (AvgIpc) is 2.54. The van der Waals surface area contributed by atoms with Crippen molar-refractivity contribution in [1.82, 2.24) is 4.90 Å². The molecule has 0 saturated heterocycles. The fraction of sp³-hybridized carbons (Fsp3) is 0.235. The number of alkyl halides is 3. The summed E-state index contributed by atoms with van der Waals surface area (Å²) in [7, 11) is 1.66. The summed E-state index contributed by atoms with van der Waals surface area (Å²) in [5.74, 6) is -0.162. The van der Waals surface area contributed by atoms with Gasteiger partial charge in [0.1, 0.15) is 5.75 Å². The molecule has 0 spiro atoms. The minimum absolute atomic E-state index is 0.0670. The predicted molar refractivity (Wildman–Crippen MR) is 87.9 cm³/mol. The highest BCUT2D eigenvalue weighted by molar-refractivity contribution is 9.10. The highest BCUT2D eigenvalue weighted by Gasteiger charge is 2.28. The topological polar surface area (TPSA) is 29.5 Å². The summed E-state index contributed by atoms with van der Waals surface area (Å²) in [6.07, 6.45) is -4.39. The monoisotopic (exact) mass is 401 g/mol. The van der Waals surface area contributed by atoms with E-state index in [1.807, 2.05) is 24.3 Å². The summed E-state index contributed by atoms with van der Waals surface area (Å²) in [6, 6.07) is 13.2. The number of hydrogen-bond donors (Lipinski definition) is 0. The first-order valence-corrected chi connectivity index (χ1v) is 7.84. The van der Waals surface area contributed by atoms with E-state index in [4.69, 9.17) is 0 Å². The van der Waals surface area contributed by atoms with Crippen molar-refractivity contribution in [2.75, 3.05) is 13.7 Å². The van der Waals surface area contributed by atoms with E-state index in [-0.39, 0.29) is 11.7 Å². The lowest BCUT2D eigenvalue weighted by molar-refractivity contribution is -0.153. The van der Waals surface area contributed by atoms with E-state index < -0.39 is 12.8 Å². The Balaban J connectivity index is 2.00. The normalized spacial score (nSPS) is 11.2. The average molecular weight is 402 g/mol. The maximum atomic E-state index is 12.4. The summed E-state index contributed by atoms with van der Waals surface area (Å²) in [6.45, 7) is -0.950. The van der Waals surface area contributed by atoms with Gasteiger partial charge in [-0.3, -0.25) is 4.79 Å². The summed E-state index contributed by atoms with van der Waals surface area (Å²) in [4.78, 5) is 13.9. The van der Waals surface area contributed by atoms with Gasteiger partial charge in [0.25, 0.3) is 5.91 Å². The van der Waals surface area contributed by atoms with E-state index in [1.165, 1.54) is 29.2 Å². The molecule has 0 atom stereocenters. The smallest absolute Gasteiger partial charge is 0.422 e. The lowest BCUT2D eigenvalue weighted by Crippen LogP contribution is -2.26. The van der Waals surface area contributed by atoms with Crippen LogP contribution in [0.5, 0.6) is 5.75 Å². The van der Waals surface area contributed by atoms with Crippen LogP contribution in [0, 0.1) is 0 Å². The van der Waals surface area contributed by atoms with Crippen LogP contribution in [-0.2, 0) is 6.54 Å². The van der Waals surface area contributed by atoms with Gasteiger partial charge >= 0.3 is 6.18 Å². The molecule has 1 amide bonds. The number of carbonyl (C=O) groups excluding carboxylic acids is 1. The fourth-order valence-electron chi connectivity index (χ4n) is 2.03. The van der Waals surface area contributed by atoms with Crippen molar-refractivity contribution >= 4 is 21.8 Å². The van der Waals surface area contributed by atoms with Gasteiger partial charge in [0.2, 0.25) is 0 Å². The van der Waals surface area contributed by atoms with Gasteiger partial charge in [-0.15, -0.1) is 0 Å². The van der Waals surface area contributed by atoms with Crippen LogP contribution < -0.4 is 4.74 Å². The van der Waals surface area contributed by atoms with Crippen LogP contribution >= 0.6 is 15.9 Å². The summed E-state index contributed by atoms with van der Waals surface area (Å²) in [5.41, 5.74) is 1.34. The summed E-state index contributed by atoms with van der Waals surface area (Å²) < 4.78 is 41.8. The van der Waals surface area contributed by atoms with Crippen LogP contribution in [0.15, 0.2) is 53.0 Å². The lowest BCUT2D eigenvalue weighted by atomic mass is 10.1. The van der Waals surface area contributed by atoms with Crippen LogP contribution in [0.1, 0.15) is 15.9 Å². The van der Waals surface area contributed by atoms with Crippen molar-refractivity contribution < 1.29 is 22.7 Å². The third-order valence-corrected chi connectivity index (χ3v) is 3.99. The molecule has 0 radical (unpaired) electrons. The van der Waals surface area contributed by atoms with Crippen LogP contribution in [0.25, 0.3) is 0 Å². The number of rotatable bonds is 5. The Hall–Kier alpha value is -2.02.